The lowest BCUT2D eigenvalue weighted by Crippen LogP contribution is -2.37. The fourth-order valence-corrected chi connectivity index (χ4v) is 3.39. The average Bonchev–Trinajstić information content (AvgIpc) is 2.79. The molecule has 0 saturated carbocycles. The lowest BCUT2D eigenvalue weighted by molar-refractivity contribution is 0.122. The smallest absolute Gasteiger partial charge is 0.319 e. The van der Waals surface area contributed by atoms with E-state index in [1.54, 1.807) is 12.4 Å². The number of nitrogens with one attached hydrogen (secondary N) is 2. The van der Waals surface area contributed by atoms with Crippen molar-refractivity contribution in [1.82, 2.24) is 15.3 Å². The van der Waals surface area contributed by atoms with Crippen molar-refractivity contribution < 1.29 is 9.53 Å². The summed E-state index contributed by atoms with van der Waals surface area (Å²) in [6.45, 7) is 3.58. The van der Waals surface area contributed by atoms with Gasteiger partial charge in [-0.05, 0) is 29.3 Å². The predicted octanol–water partition coefficient (Wildman–Crippen LogP) is 2.88. The van der Waals surface area contributed by atoms with Crippen molar-refractivity contribution in [2.24, 2.45) is 0 Å². The molecule has 2 aromatic carbocycles. The molecule has 3 aromatic rings. The normalized spacial score (nSPS) is 13.7. The Bertz CT molecular complexity index is 1000. The van der Waals surface area contributed by atoms with Gasteiger partial charge in [0.15, 0.2) is 0 Å². The second-order valence-electron chi connectivity index (χ2n) is 6.95. The molecule has 0 radical (unpaired) electrons. The number of urea groups is 1. The summed E-state index contributed by atoms with van der Waals surface area (Å²) < 4.78 is 5.44. The van der Waals surface area contributed by atoms with Crippen LogP contribution in [-0.2, 0) is 11.3 Å². The molecule has 1 fully saturated rings. The highest BCUT2D eigenvalue weighted by atomic mass is 16.5. The van der Waals surface area contributed by atoms with Gasteiger partial charge in [0.1, 0.15) is 0 Å². The SMILES string of the molecule is Nc1ncc(-c2cccc(NC(=O)NCc3ccccc3N3CCOCC3)c2)cn1. The van der Waals surface area contributed by atoms with Gasteiger partial charge in [-0.1, -0.05) is 30.3 Å². The Balaban J connectivity index is 1.39. The number of morpholine rings is 1. The zero-order chi connectivity index (χ0) is 20.8. The van der Waals surface area contributed by atoms with E-state index in [1.807, 2.05) is 42.5 Å². The first kappa shape index (κ1) is 19.7. The summed E-state index contributed by atoms with van der Waals surface area (Å²) in [6, 6.07) is 15.4. The van der Waals surface area contributed by atoms with Crippen LogP contribution in [0.4, 0.5) is 22.1 Å². The molecule has 1 aliphatic heterocycles. The first-order chi connectivity index (χ1) is 14.7. The number of anilines is 3. The minimum absolute atomic E-state index is 0.227. The van der Waals surface area contributed by atoms with Crippen LogP contribution in [0.15, 0.2) is 60.9 Å². The summed E-state index contributed by atoms with van der Waals surface area (Å²) in [5, 5.41) is 5.83. The average molecular weight is 404 g/mol. The third-order valence-corrected chi connectivity index (χ3v) is 4.91. The van der Waals surface area contributed by atoms with Gasteiger partial charge >= 0.3 is 6.03 Å². The highest BCUT2D eigenvalue weighted by Gasteiger charge is 2.14. The Labute approximate surface area is 175 Å². The van der Waals surface area contributed by atoms with Gasteiger partial charge in [0.25, 0.3) is 0 Å². The van der Waals surface area contributed by atoms with Crippen molar-refractivity contribution in [1.29, 1.82) is 0 Å². The van der Waals surface area contributed by atoms with E-state index in [4.69, 9.17) is 10.5 Å². The topological polar surface area (TPSA) is 105 Å². The summed E-state index contributed by atoms with van der Waals surface area (Å²) in [6.07, 6.45) is 3.31. The molecule has 1 saturated heterocycles. The highest BCUT2D eigenvalue weighted by Crippen LogP contribution is 2.23. The monoisotopic (exact) mass is 404 g/mol. The van der Waals surface area contributed by atoms with Crippen LogP contribution in [0.3, 0.4) is 0 Å². The van der Waals surface area contributed by atoms with Crippen molar-refractivity contribution in [3.63, 3.8) is 0 Å². The van der Waals surface area contributed by atoms with Crippen LogP contribution in [0, 0.1) is 0 Å². The molecular weight excluding hydrogens is 380 g/mol. The van der Waals surface area contributed by atoms with Crippen molar-refractivity contribution in [2.45, 2.75) is 6.54 Å². The fourth-order valence-electron chi connectivity index (χ4n) is 3.39. The summed E-state index contributed by atoms with van der Waals surface area (Å²) in [5.41, 5.74) is 10.2. The van der Waals surface area contributed by atoms with E-state index in [1.165, 1.54) is 0 Å². The van der Waals surface area contributed by atoms with Crippen LogP contribution in [-0.4, -0.2) is 42.3 Å². The maximum absolute atomic E-state index is 12.5. The molecule has 1 aliphatic rings. The number of carbonyl (C=O) groups is 1. The van der Waals surface area contributed by atoms with E-state index in [2.05, 4.69) is 31.6 Å². The zero-order valence-electron chi connectivity index (χ0n) is 16.5. The molecule has 8 nitrogen and oxygen atoms in total. The van der Waals surface area contributed by atoms with Gasteiger partial charge in [-0.2, -0.15) is 0 Å². The van der Waals surface area contributed by atoms with Gasteiger partial charge in [-0.15, -0.1) is 0 Å². The van der Waals surface area contributed by atoms with Crippen molar-refractivity contribution in [3.05, 3.63) is 66.5 Å². The minimum Gasteiger partial charge on any atom is -0.378 e. The van der Waals surface area contributed by atoms with Gasteiger partial charge in [-0.25, -0.2) is 14.8 Å². The molecule has 2 heterocycles. The first-order valence-electron chi connectivity index (χ1n) is 9.82. The molecule has 0 unspecified atom stereocenters. The standard InChI is InChI=1S/C22H24N6O2/c23-21-24-14-18(15-25-21)16-5-3-6-19(12-16)27-22(29)26-13-17-4-1-2-7-20(17)28-8-10-30-11-9-28/h1-7,12,14-15H,8-11,13H2,(H2,23,24,25)(H2,26,27,29). The van der Waals surface area contributed by atoms with Crippen LogP contribution in [0.1, 0.15) is 5.56 Å². The maximum Gasteiger partial charge on any atom is 0.319 e. The molecule has 154 valence electrons. The lowest BCUT2D eigenvalue weighted by Gasteiger charge is -2.30. The van der Waals surface area contributed by atoms with Crippen LogP contribution >= 0.6 is 0 Å². The van der Waals surface area contributed by atoms with Gasteiger partial charge < -0.3 is 26.0 Å². The third kappa shape index (κ3) is 4.84. The van der Waals surface area contributed by atoms with E-state index < -0.39 is 0 Å². The Morgan fingerprint density at radius 3 is 2.60 bits per heavy atom. The van der Waals surface area contributed by atoms with Crippen LogP contribution < -0.4 is 21.3 Å². The number of amides is 2. The molecule has 8 heteroatoms. The summed E-state index contributed by atoms with van der Waals surface area (Å²) in [5.74, 6) is 0.227. The van der Waals surface area contributed by atoms with Crippen molar-refractivity contribution >= 4 is 23.4 Å². The number of hydrogen-bond donors (Lipinski definition) is 3. The number of ether oxygens (including phenoxy) is 1. The van der Waals surface area contributed by atoms with Gasteiger partial charge in [-0.3, -0.25) is 0 Å². The molecule has 0 bridgehead atoms. The molecule has 0 spiro atoms. The Morgan fingerprint density at radius 1 is 1.03 bits per heavy atom. The summed E-state index contributed by atoms with van der Waals surface area (Å²) in [4.78, 5) is 22.8. The van der Waals surface area contributed by atoms with Crippen molar-refractivity contribution in [2.75, 3.05) is 42.3 Å². The Morgan fingerprint density at radius 2 is 1.80 bits per heavy atom. The van der Waals surface area contributed by atoms with Crippen LogP contribution in [0.2, 0.25) is 0 Å². The number of hydrogen-bond acceptors (Lipinski definition) is 6. The van der Waals surface area contributed by atoms with Gasteiger partial charge in [0.05, 0.1) is 13.2 Å². The third-order valence-electron chi connectivity index (χ3n) is 4.91. The molecule has 1 aromatic heterocycles. The van der Waals surface area contributed by atoms with E-state index in [-0.39, 0.29) is 12.0 Å². The number of rotatable bonds is 5. The largest absolute Gasteiger partial charge is 0.378 e. The molecule has 4 rings (SSSR count). The van der Waals surface area contributed by atoms with Gasteiger partial charge in [0, 0.05) is 49.0 Å². The van der Waals surface area contributed by atoms with E-state index >= 15 is 0 Å². The maximum atomic E-state index is 12.5. The minimum atomic E-state index is -0.266. The molecule has 2 amide bonds. The van der Waals surface area contributed by atoms with E-state index in [0.29, 0.717) is 12.2 Å². The molecular formula is C22H24N6O2. The first-order valence-corrected chi connectivity index (χ1v) is 9.82. The van der Waals surface area contributed by atoms with E-state index in [0.717, 1.165) is 48.7 Å². The number of benzene rings is 2. The molecule has 0 atom stereocenters. The van der Waals surface area contributed by atoms with Crippen LogP contribution in [0.25, 0.3) is 11.1 Å². The van der Waals surface area contributed by atoms with Crippen LogP contribution in [0.5, 0.6) is 0 Å². The number of aromatic nitrogens is 2. The Kier molecular flexibility index (Phi) is 6.05. The number of carbonyl (C=O) groups excluding carboxylic acids is 1. The highest BCUT2D eigenvalue weighted by molar-refractivity contribution is 5.90. The quantitative estimate of drug-likeness (QED) is 0.604. The molecule has 4 N–H and O–H groups in total. The molecule has 0 aliphatic carbocycles. The second-order valence-corrected chi connectivity index (χ2v) is 6.95. The summed E-state index contributed by atoms with van der Waals surface area (Å²) in [7, 11) is 0. The van der Waals surface area contributed by atoms with Gasteiger partial charge in [0.2, 0.25) is 5.95 Å². The zero-order valence-corrected chi connectivity index (χ0v) is 16.5. The predicted molar refractivity (Wildman–Crippen MR) is 117 cm³/mol. The van der Waals surface area contributed by atoms with E-state index in [9.17, 15) is 4.79 Å². The van der Waals surface area contributed by atoms with Crippen molar-refractivity contribution in [3.8, 4) is 11.1 Å². The fraction of sp³-hybridized carbons (Fsp3) is 0.227. The number of nitrogen functional groups attached to an aromatic ring is 1. The Hall–Kier alpha value is -3.65. The number of para-hydroxylation sites is 1. The lowest BCUT2D eigenvalue weighted by atomic mass is 10.1. The number of nitrogens with two attached hydrogens (primary N) is 1. The number of nitrogens with zero attached hydrogens (tertiary/aromatic N) is 3. The second kappa shape index (κ2) is 9.23. The summed E-state index contributed by atoms with van der Waals surface area (Å²) >= 11 is 0. The molecule has 30 heavy (non-hydrogen) atoms.